The van der Waals surface area contributed by atoms with Crippen molar-refractivity contribution in [1.29, 1.82) is 0 Å². The fourth-order valence-corrected chi connectivity index (χ4v) is 1.27. The Morgan fingerprint density at radius 2 is 2.00 bits per heavy atom. The van der Waals surface area contributed by atoms with Gasteiger partial charge in [-0.25, -0.2) is 0 Å². The minimum atomic E-state index is -4.25. The van der Waals surface area contributed by atoms with Crippen molar-refractivity contribution in [2.45, 2.75) is 6.18 Å². The maximum atomic E-state index is 11.9. The summed E-state index contributed by atoms with van der Waals surface area (Å²) in [6, 6.07) is 2.30. The highest BCUT2D eigenvalue weighted by Crippen LogP contribution is 2.37. The Morgan fingerprint density at radius 3 is 2.27 bits per heavy atom. The molecule has 0 saturated heterocycles. The Kier molecular flexibility index (Phi) is 2.08. The van der Waals surface area contributed by atoms with Crippen molar-refractivity contribution < 1.29 is 17.9 Å². The molecule has 0 N–H and O–H groups in total. The molecule has 0 radical (unpaired) electrons. The smallest absolute Gasteiger partial charge is 0.425 e. The molecule has 1 rings (SSSR count). The van der Waals surface area contributed by atoms with Gasteiger partial charge in [-0.1, -0.05) is 11.3 Å². The van der Waals surface area contributed by atoms with Crippen LogP contribution in [0.25, 0.3) is 0 Å². The van der Waals surface area contributed by atoms with Crippen LogP contribution in [0, 0.1) is 0 Å². The molecule has 0 aromatic carbocycles. The molecule has 0 aliphatic rings. The molecule has 11 heavy (non-hydrogen) atoms. The zero-order valence-corrected chi connectivity index (χ0v) is 6.42. The zero-order chi connectivity index (χ0) is 8.48. The van der Waals surface area contributed by atoms with E-state index in [1.165, 1.54) is 13.2 Å². The van der Waals surface area contributed by atoms with Crippen LogP contribution in [-0.4, -0.2) is 7.11 Å². The summed E-state index contributed by atoms with van der Waals surface area (Å²) < 4.78 is 40.3. The standard InChI is InChI=1S/C6H5F3OS/c1-10-5-3-2-4(11-5)6(7,8)9/h2-3H,1H3. The first-order valence-corrected chi connectivity index (χ1v) is 3.56. The molecule has 0 saturated carbocycles. The van der Waals surface area contributed by atoms with Crippen LogP contribution in [0.2, 0.25) is 0 Å². The van der Waals surface area contributed by atoms with E-state index in [1.807, 2.05) is 0 Å². The van der Waals surface area contributed by atoms with Crippen molar-refractivity contribution in [2.24, 2.45) is 0 Å². The summed E-state index contributed by atoms with van der Waals surface area (Å²) in [6.45, 7) is 0. The van der Waals surface area contributed by atoms with Gasteiger partial charge in [0.05, 0.1) is 7.11 Å². The Morgan fingerprint density at radius 1 is 1.36 bits per heavy atom. The van der Waals surface area contributed by atoms with Crippen molar-refractivity contribution in [3.8, 4) is 5.06 Å². The molecule has 0 bridgehead atoms. The van der Waals surface area contributed by atoms with Gasteiger partial charge in [0, 0.05) is 0 Å². The third-order valence-electron chi connectivity index (χ3n) is 1.06. The molecular formula is C6H5F3OS. The summed E-state index contributed by atoms with van der Waals surface area (Å²) in [5, 5.41) is 0.275. The van der Waals surface area contributed by atoms with Gasteiger partial charge in [0.2, 0.25) is 0 Å². The summed E-state index contributed by atoms with van der Waals surface area (Å²) in [5.41, 5.74) is 0. The number of rotatable bonds is 1. The molecule has 0 spiro atoms. The number of hydrogen-bond acceptors (Lipinski definition) is 2. The van der Waals surface area contributed by atoms with Crippen LogP contribution in [0.3, 0.4) is 0 Å². The number of hydrogen-bond donors (Lipinski definition) is 0. The second-order valence-corrected chi connectivity index (χ2v) is 2.87. The highest BCUT2D eigenvalue weighted by molar-refractivity contribution is 7.13. The lowest BCUT2D eigenvalue weighted by atomic mass is 10.5. The lowest BCUT2D eigenvalue weighted by Gasteiger charge is -2.00. The van der Waals surface area contributed by atoms with Gasteiger partial charge < -0.3 is 4.74 Å². The molecule has 0 unspecified atom stereocenters. The lowest BCUT2D eigenvalue weighted by molar-refractivity contribution is -0.134. The fourth-order valence-electron chi connectivity index (χ4n) is 0.582. The normalized spacial score (nSPS) is 11.6. The monoisotopic (exact) mass is 182 g/mol. The van der Waals surface area contributed by atoms with E-state index in [9.17, 15) is 13.2 Å². The van der Waals surface area contributed by atoms with Gasteiger partial charge in [-0.05, 0) is 12.1 Å². The van der Waals surface area contributed by atoms with Gasteiger partial charge in [-0.3, -0.25) is 0 Å². The summed E-state index contributed by atoms with van der Waals surface area (Å²) in [5.74, 6) is 0. The Balaban J connectivity index is 2.89. The van der Waals surface area contributed by atoms with Crippen LogP contribution in [0.5, 0.6) is 5.06 Å². The highest BCUT2D eigenvalue weighted by atomic mass is 32.1. The molecule has 0 amide bonds. The van der Waals surface area contributed by atoms with Crippen LogP contribution in [0.1, 0.15) is 4.88 Å². The maximum Gasteiger partial charge on any atom is 0.425 e. The van der Waals surface area contributed by atoms with Crippen molar-refractivity contribution in [2.75, 3.05) is 7.11 Å². The van der Waals surface area contributed by atoms with E-state index in [4.69, 9.17) is 0 Å². The molecule has 0 aliphatic carbocycles. The van der Waals surface area contributed by atoms with Crippen LogP contribution in [-0.2, 0) is 6.18 Å². The van der Waals surface area contributed by atoms with Crippen LogP contribution < -0.4 is 4.74 Å². The molecule has 0 aliphatic heterocycles. The number of methoxy groups -OCH3 is 1. The number of thiophene rings is 1. The summed E-state index contributed by atoms with van der Waals surface area (Å²) in [7, 11) is 1.34. The highest BCUT2D eigenvalue weighted by Gasteiger charge is 2.32. The van der Waals surface area contributed by atoms with E-state index in [2.05, 4.69) is 4.74 Å². The Labute approximate surface area is 65.4 Å². The van der Waals surface area contributed by atoms with Gasteiger partial charge in [0.25, 0.3) is 0 Å². The first kappa shape index (κ1) is 8.39. The predicted molar refractivity (Wildman–Crippen MR) is 35.9 cm³/mol. The molecule has 1 nitrogen and oxygen atoms in total. The first-order chi connectivity index (χ1) is 5.04. The SMILES string of the molecule is COc1ccc(C(F)(F)F)s1. The Hall–Kier alpha value is -0.710. The van der Waals surface area contributed by atoms with Crippen molar-refractivity contribution in [3.05, 3.63) is 17.0 Å². The van der Waals surface area contributed by atoms with Crippen molar-refractivity contribution in [1.82, 2.24) is 0 Å². The average Bonchev–Trinajstić information content (AvgIpc) is 2.32. The van der Waals surface area contributed by atoms with E-state index in [0.29, 0.717) is 11.3 Å². The zero-order valence-electron chi connectivity index (χ0n) is 5.61. The quantitative estimate of drug-likeness (QED) is 0.648. The van der Waals surface area contributed by atoms with E-state index in [0.717, 1.165) is 6.07 Å². The second kappa shape index (κ2) is 2.73. The van der Waals surface area contributed by atoms with Gasteiger partial charge in [-0.15, -0.1) is 0 Å². The fraction of sp³-hybridized carbons (Fsp3) is 0.333. The topological polar surface area (TPSA) is 9.23 Å². The molecular weight excluding hydrogens is 177 g/mol. The first-order valence-electron chi connectivity index (χ1n) is 2.75. The van der Waals surface area contributed by atoms with Crippen LogP contribution in [0.15, 0.2) is 12.1 Å². The third-order valence-corrected chi connectivity index (χ3v) is 2.15. The molecule has 1 aromatic heterocycles. The van der Waals surface area contributed by atoms with E-state index in [1.54, 1.807) is 0 Å². The van der Waals surface area contributed by atoms with Gasteiger partial charge in [-0.2, -0.15) is 13.2 Å². The van der Waals surface area contributed by atoms with Gasteiger partial charge in [0.1, 0.15) is 4.88 Å². The molecule has 1 aromatic rings. The average molecular weight is 182 g/mol. The van der Waals surface area contributed by atoms with Crippen molar-refractivity contribution in [3.63, 3.8) is 0 Å². The Bertz CT molecular complexity index is 240. The minimum absolute atomic E-state index is 0.275. The molecule has 1 heterocycles. The number of alkyl halides is 3. The van der Waals surface area contributed by atoms with Crippen LogP contribution >= 0.6 is 11.3 Å². The van der Waals surface area contributed by atoms with Crippen molar-refractivity contribution >= 4 is 11.3 Å². The summed E-state index contributed by atoms with van der Waals surface area (Å²) >= 11 is 0.593. The van der Waals surface area contributed by atoms with Gasteiger partial charge in [0.15, 0.2) is 5.06 Å². The number of halogens is 3. The molecule has 0 atom stereocenters. The van der Waals surface area contributed by atoms with Gasteiger partial charge >= 0.3 is 6.18 Å². The van der Waals surface area contributed by atoms with E-state index in [-0.39, 0.29) is 5.06 Å². The predicted octanol–water partition coefficient (Wildman–Crippen LogP) is 2.78. The maximum absolute atomic E-state index is 11.9. The molecule has 5 heteroatoms. The molecule has 0 fully saturated rings. The summed E-state index contributed by atoms with van der Waals surface area (Å²) in [4.78, 5) is -0.630. The lowest BCUT2D eigenvalue weighted by Crippen LogP contribution is -2.00. The molecule has 62 valence electrons. The van der Waals surface area contributed by atoms with E-state index >= 15 is 0 Å². The largest absolute Gasteiger partial charge is 0.487 e. The van der Waals surface area contributed by atoms with E-state index < -0.39 is 11.1 Å². The van der Waals surface area contributed by atoms with Crippen LogP contribution in [0.4, 0.5) is 13.2 Å². The second-order valence-electron chi connectivity index (χ2n) is 1.82. The third kappa shape index (κ3) is 1.86. The minimum Gasteiger partial charge on any atom is -0.487 e. The number of ether oxygens (including phenoxy) is 1. The summed E-state index contributed by atoms with van der Waals surface area (Å²) in [6.07, 6.45) is -4.25.